The number of pyridine rings is 1. The molecule has 0 aliphatic heterocycles. The maximum Gasteiger partial charge on any atom is 0.346 e. The molecule has 0 saturated heterocycles. The Balaban J connectivity index is 2.31. The summed E-state index contributed by atoms with van der Waals surface area (Å²) >= 11 is 0. The predicted molar refractivity (Wildman–Crippen MR) is 64.8 cm³/mol. The van der Waals surface area contributed by atoms with Gasteiger partial charge >= 0.3 is 5.69 Å². The molecule has 0 unspecified atom stereocenters. The van der Waals surface area contributed by atoms with Crippen molar-refractivity contribution in [1.82, 2.24) is 19.3 Å². The van der Waals surface area contributed by atoms with Crippen LogP contribution in [0.1, 0.15) is 26.5 Å². The average molecular weight is 232 g/mol. The molecule has 0 radical (unpaired) electrons. The maximum absolute atomic E-state index is 12.1. The van der Waals surface area contributed by atoms with Gasteiger partial charge in [-0.1, -0.05) is 6.07 Å². The smallest absolute Gasteiger partial charge is 0.275 e. The van der Waals surface area contributed by atoms with Crippen LogP contribution in [0, 0.1) is 0 Å². The van der Waals surface area contributed by atoms with Crippen molar-refractivity contribution in [1.29, 1.82) is 0 Å². The Morgan fingerprint density at radius 1 is 1.29 bits per heavy atom. The first-order valence-corrected chi connectivity index (χ1v) is 5.53. The third-order valence-corrected chi connectivity index (χ3v) is 2.43. The van der Waals surface area contributed by atoms with Crippen LogP contribution < -0.4 is 5.69 Å². The summed E-state index contributed by atoms with van der Waals surface area (Å²) < 4.78 is 3.05. The van der Waals surface area contributed by atoms with Crippen LogP contribution in [-0.2, 0) is 12.1 Å². The monoisotopic (exact) mass is 232 g/mol. The number of hydrogen-bond acceptors (Lipinski definition) is 3. The zero-order valence-electron chi connectivity index (χ0n) is 10.3. The molecule has 0 spiro atoms. The molecule has 2 rings (SSSR count). The number of rotatable bonds is 2. The van der Waals surface area contributed by atoms with Crippen LogP contribution in [0.4, 0.5) is 0 Å². The summed E-state index contributed by atoms with van der Waals surface area (Å²) in [5.41, 5.74) is 0.443. The number of aromatic nitrogens is 4. The van der Waals surface area contributed by atoms with Gasteiger partial charge in [-0.15, -0.1) is 0 Å². The van der Waals surface area contributed by atoms with E-state index in [2.05, 4.69) is 10.1 Å². The van der Waals surface area contributed by atoms with Crippen molar-refractivity contribution in [2.45, 2.75) is 32.9 Å². The summed E-state index contributed by atoms with van der Waals surface area (Å²) in [5.74, 6) is 0. The molecular formula is C12H16N4O. The third kappa shape index (κ3) is 2.43. The summed E-state index contributed by atoms with van der Waals surface area (Å²) in [5, 5.41) is 4.12. The first-order valence-electron chi connectivity index (χ1n) is 5.53. The summed E-state index contributed by atoms with van der Waals surface area (Å²) in [7, 11) is 0. The van der Waals surface area contributed by atoms with E-state index in [0.29, 0.717) is 6.54 Å². The number of nitrogens with zero attached hydrogens (tertiary/aromatic N) is 4. The molecule has 5 heteroatoms. The van der Waals surface area contributed by atoms with Crippen LogP contribution in [0.25, 0.3) is 0 Å². The second kappa shape index (κ2) is 4.16. The summed E-state index contributed by atoms with van der Waals surface area (Å²) in [6.07, 6.45) is 3.27. The van der Waals surface area contributed by atoms with Crippen molar-refractivity contribution in [3.8, 4) is 0 Å². The van der Waals surface area contributed by atoms with E-state index >= 15 is 0 Å². The number of hydrogen-bond donors (Lipinski definition) is 0. The molecule has 17 heavy (non-hydrogen) atoms. The highest BCUT2D eigenvalue weighted by Crippen LogP contribution is 2.08. The van der Waals surface area contributed by atoms with Crippen LogP contribution in [0.5, 0.6) is 0 Å². The van der Waals surface area contributed by atoms with Gasteiger partial charge in [0.2, 0.25) is 0 Å². The average Bonchev–Trinajstić information content (AvgIpc) is 2.61. The van der Waals surface area contributed by atoms with Gasteiger partial charge in [0, 0.05) is 6.20 Å². The minimum absolute atomic E-state index is 0.108. The quantitative estimate of drug-likeness (QED) is 0.783. The van der Waals surface area contributed by atoms with E-state index in [4.69, 9.17) is 0 Å². The standard InChI is InChI=1S/C12H16N4O/c1-12(2,3)16-11(17)15(9-14-16)8-10-6-4-5-7-13-10/h4-7,9H,8H2,1-3H3. The van der Waals surface area contributed by atoms with Crippen molar-refractivity contribution in [3.63, 3.8) is 0 Å². The van der Waals surface area contributed by atoms with Crippen molar-refractivity contribution in [3.05, 3.63) is 46.9 Å². The molecule has 0 aliphatic carbocycles. The van der Waals surface area contributed by atoms with E-state index < -0.39 is 0 Å². The second-order valence-corrected chi connectivity index (χ2v) is 4.95. The summed E-state index contributed by atoms with van der Waals surface area (Å²) in [6, 6.07) is 5.65. The van der Waals surface area contributed by atoms with Gasteiger partial charge in [0.15, 0.2) is 0 Å². The Hall–Kier alpha value is -1.91. The lowest BCUT2D eigenvalue weighted by Crippen LogP contribution is -2.35. The maximum atomic E-state index is 12.1. The van der Waals surface area contributed by atoms with Gasteiger partial charge in [-0.2, -0.15) is 5.10 Å². The first-order chi connectivity index (χ1) is 7.98. The van der Waals surface area contributed by atoms with Gasteiger partial charge in [0.05, 0.1) is 17.8 Å². The van der Waals surface area contributed by atoms with Crippen LogP contribution in [0.15, 0.2) is 35.5 Å². The molecule has 0 N–H and O–H groups in total. The van der Waals surface area contributed by atoms with Crippen molar-refractivity contribution >= 4 is 0 Å². The van der Waals surface area contributed by atoms with Gasteiger partial charge in [-0.25, -0.2) is 9.48 Å². The molecule has 0 aromatic carbocycles. The Labute approximate surface area is 99.7 Å². The fourth-order valence-electron chi connectivity index (χ4n) is 1.57. The molecule has 0 saturated carbocycles. The molecule has 0 aliphatic rings. The lowest BCUT2D eigenvalue weighted by Gasteiger charge is -2.16. The normalized spacial score (nSPS) is 11.7. The molecule has 0 bridgehead atoms. The van der Waals surface area contributed by atoms with Crippen molar-refractivity contribution in [2.75, 3.05) is 0 Å². The predicted octanol–water partition coefficient (Wildman–Crippen LogP) is 1.24. The molecule has 0 fully saturated rings. The lowest BCUT2D eigenvalue weighted by molar-refractivity contribution is 0.340. The lowest BCUT2D eigenvalue weighted by atomic mass is 10.1. The van der Waals surface area contributed by atoms with E-state index in [9.17, 15) is 4.79 Å². The Morgan fingerprint density at radius 2 is 2.06 bits per heavy atom. The van der Waals surface area contributed by atoms with E-state index in [1.165, 1.54) is 4.68 Å². The minimum atomic E-state index is -0.299. The topological polar surface area (TPSA) is 52.7 Å². The molecule has 0 atom stereocenters. The zero-order chi connectivity index (χ0) is 12.5. The van der Waals surface area contributed by atoms with Gasteiger partial charge in [0.25, 0.3) is 0 Å². The third-order valence-electron chi connectivity index (χ3n) is 2.43. The highest BCUT2D eigenvalue weighted by atomic mass is 16.2. The van der Waals surface area contributed by atoms with E-state index in [1.54, 1.807) is 17.1 Å². The van der Waals surface area contributed by atoms with Crippen molar-refractivity contribution < 1.29 is 0 Å². The van der Waals surface area contributed by atoms with Crippen LogP contribution in [-0.4, -0.2) is 19.3 Å². The SMILES string of the molecule is CC(C)(C)n1ncn(Cc2ccccn2)c1=O. The van der Waals surface area contributed by atoms with E-state index in [0.717, 1.165) is 5.69 Å². The van der Waals surface area contributed by atoms with Crippen LogP contribution >= 0.6 is 0 Å². The largest absolute Gasteiger partial charge is 0.346 e. The molecule has 2 heterocycles. The van der Waals surface area contributed by atoms with E-state index in [-0.39, 0.29) is 11.2 Å². The Morgan fingerprint density at radius 3 is 2.59 bits per heavy atom. The molecule has 90 valence electrons. The van der Waals surface area contributed by atoms with Gasteiger partial charge in [0.1, 0.15) is 6.33 Å². The van der Waals surface area contributed by atoms with Crippen LogP contribution in [0.3, 0.4) is 0 Å². The van der Waals surface area contributed by atoms with Crippen LogP contribution in [0.2, 0.25) is 0 Å². The molecular weight excluding hydrogens is 216 g/mol. The second-order valence-electron chi connectivity index (χ2n) is 4.95. The van der Waals surface area contributed by atoms with E-state index in [1.807, 2.05) is 39.0 Å². The Kier molecular flexibility index (Phi) is 2.83. The fourth-order valence-corrected chi connectivity index (χ4v) is 1.57. The fraction of sp³-hybridized carbons (Fsp3) is 0.417. The summed E-state index contributed by atoms with van der Waals surface area (Å²) in [6.45, 7) is 6.31. The highest BCUT2D eigenvalue weighted by Gasteiger charge is 2.18. The molecule has 2 aromatic heterocycles. The highest BCUT2D eigenvalue weighted by molar-refractivity contribution is 5.03. The zero-order valence-corrected chi connectivity index (χ0v) is 10.3. The van der Waals surface area contributed by atoms with Gasteiger partial charge in [-0.05, 0) is 32.9 Å². The first kappa shape index (κ1) is 11.6. The molecule has 0 amide bonds. The Bertz CT molecular complexity index is 548. The van der Waals surface area contributed by atoms with Gasteiger partial charge < -0.3 is 0 Å². The molecule has 5 nitrogen and oxygen atoms in total. The van der Waals surface area contributed by atoms with Crippen molar-refractivity contribution in [2.24, 2.45) is 0 Å². The minimum Gasteiger partial charge on any atom is -0.275 e. The summed E-state index contributed by atoms with van der Waals surface area (Å²) in [4.78, 5) is 16.2. The van der Waals surface area contributed by atoms with Gasteiger partial charge in [-0.3, -0.25) is 9.55 Å². The molecule has 2 aromatic rings.